The summed E-state index contributed by atoms with van der Waals surface area (Å²) in [5.74, 6) is 0. The van der Waals surface area contributed by atoms with Crippen LogP contribution in [0.2, 0.25) is 0 Å². The Morgan fingerprint density at radius 1 is 0.818 bits per heavy atom. The second-order valence-electron chi connectivity index (χ2n) is 6.36. The Bertz CT molecular complexity index is 731. The van der Waals surface area contributed by atoms with Crippen LogP contribution in [0.4, 0.5) is 0 Å². The summed E-state index contributed by atoms with van der Waals surface area (Å²) < 4.78 is 2.56. The molecule has 2 aliphatic carbocycles. The molecular formula is C19H23ClN2. The van der Waals surface area contributed by atoms with Gasteiger partial charge in [0.15, 0.2) is 0 Å². The average molecular weight is 315 g/mol. The number of nitrogens with zero attached hydrogens (tertiary/aromatic N) is 1. The summed E-state index contributed by atoms with van der Waals surface area (Å²) in [6.45, 7) is 0.978. The Labute approximate surface area is 138 Å². The number of hydrogen-bond donors (Lipinski definition) is 1. The van der Waals surface area contributed by atoms with Crippen molar-refractivity contribution in [2.75, 3.05) is 0 Å². The third-order valence-corrected chi connectivity index (χ3v) is 5.07. The number of benzene rings is 1. The average Bonchev–Trinajstić information content (AvgIpc) is 3.02. The Morgan fingerprint density at radius 2 is 1.41 bits per heavy atom. The maximum Gasteiger partial charge on any atom is 0.0638 e. The zero-order valence-corrected chi connectivity index (χ0v) is 13.7. The first-order valence-corrected chi connectivity index (χ1v) is 8.19. The van der Waals surface area contributed by atoms with Gasteiger partial charge in [-0.2, -0.15) is 0 Å². The van der Waals surface area contributed by atoms with Gasteiger partial charge < -0.3 is 9.98 Å². The Hall–Kier alpha value is -1.54. The van der Waals surface area contributed by atoms with Crippen molar-refractivity contribution in [3.05, 3.63) is 63.8 Å². The smallest absolute Gasteiger partial charge is 0.0638 e. The van der Waals surface area contributed by atoms with Crippen molar-refractivity contribution in [1.82, 2.24) is 4.57 Å². The summed E-state index contributed by atoms with van der Waals surface area (Å²) in [5.41, 5.74) is 6.96. The lowest BCUT2D eigenvalue weighted by Crippen LogP contribution is -2.27. The summed E-state index contributed by atoms with van der Waals surface area (Å²) in [5, 5.41) is 9.44. The highest BCUT2D eigenvalue weighted by Gasteiger charge is 2.24. The summed E-state index contributed by atoms with van der Waals surface area (Å²) >= 11 is 0. The predicted molar refractivity (Wildman–Crippen MR) is 91.7 cm³/mol. The van der Waals surface area contributed by atoms with Crippen molar-refractivity contribution in [2.24, 2.45) is 0 Å². The molecule has 2 nitrogen and oxygen atoms in total. The van der Waals surface area contributed by atoms with Crippen molar-refractivity contribution in [3.8, 4) is 0 Å². The van der Waals surface area contributed by atoms with Crippen molar-refractivity contribution < 1.29 is 0 Å². The van der Waals surface area contributed by atoms with Crippen LogP contribution in [0.3, 0.4) is 0 Å². The number of aromatic nitrogens is 1. The van der Waals surface area contributed by atoms with E-state index in [1.165, 1.54) is 47.3 Å². The molecule has 116 valence electrons. The van der Waals surface area contributed by atoms with Crippen molar-refractivity contribution in [2.45, 2.75) is 51.5 Å². The first kappa shape index (κ1) is 15.4. The molecule has 1 aromatic carbocycles. The monoisotopic (exact) mass is 314 g/mol. The van der Waals surface area contributed by atoms with Gasteiger partial charge in [-0.3, -0.25) is 0 Å². The molecule has 3 heteroatoms. The second-order valence-corrected chi connectivity index (χ2v) is 6.36. The molecule has 0 atom stereocenters. The van der Waals surface area contributed by atoms with Gasteiger partial charge >= 0.3 is 0 Å². The van der Waals surface area contributed by atoms with E-state index in [0.717, 1.165) is 37.6 Å². The largest absolute Gasteiger partial charge is 0.344 e. The van der Waals surface area contributed by atoms with E-state index in [1.807, 2.05) is 0 Å². The number of fused-ring (bicyclic) bond motifs is 2. The molecule has 0 radical (unpaired) electrons. The molecular weight excluding hydrogens is 292 g/mol. The van der Waals surface area contributed by atoms with Crippen molar-refractivity contribution in [1.29, 1.82) is 5.41 Å². The minimum Gasteiger partial charge on any atom is -0.344 e. The van der Waals surface area contributed by atoms with E-state index in [1.54, 1.807) is 0 Å². The summed E-state index contributed by atoms with van der Waals surface area (Å²) in [7, 11) is 0. The lowest BCUT2D eigenvalue weighted by molar-refractivity contribution is 0.590. The standard InChI is InChI=1S/C19H22N2.ClH/c20-19-15-9-4-5-11-17(15)21(18-12-6-10-16(18)19)13-14-7-2-1-3-8-14;/h1-3,7-8,20H,4-6,9-13H2;1H. The molecule has 0 fully saturated rings. The second kappa shape index (κ2) is 6.29. The van der Waals surface area contributed by atoms with Gasteiger partial charge in [-0.25, -0.2) is 0 Å². The molecule has 0 amide bonds. The lowest BCUT2D eigenvalue weighted by Gasteiger charge is -2.26. The summed E-state index contributed by atoms with van der Waals surface area (Å²) in [4.78, 5) is 0. The summed E-state index contributed by atoms with van der Waals surface area (Å²) in [6.07, 6.45) is 8.27. The quantitative estimate of drug-likeness (QED) is 0.873. The highest BCUT2D eigenvalue weighted by atomic mass is 35.5. The number of halogens is 1. The number of pyridine rings is 1. The highest BCUT2D eigenvalue weighted by Crippen LogP contribution is 2.27. The number of nitrogens with one attached hydrogen (secondary N) is 1. The zero-order chi connectivity index (χ0) is 14.2. The van der Waals surface area contributed by atoms with Crippen LogP contribution in [0.15, 0.2) is 30.3 Å². The Kier molecular flexibility index (Phi) is 4.39. The van der Waals surface area contributed by atoms with Gasteiger partial charge in [-0.1, -0.05) is 30.3 Å². The van der Waals surface area contributed by atoms with Crippen LogP contribution in [-0.4, -0.2) is 4.57 Å². The molecule has 22 heavy (non-hydrogen) atoms. The number of hydrogen-bond acceptors (Lipinski definition) is 1. The molecule has 1 aromatic heterocycles. The van der Waals surface area contributed by atoms with Crippen LogP contribution in [0.25, 0.3) is 0 Å². The lowest BCUT2D eigenvalue weighted by atomic mass is 9.92. The van der Waals surface area contributed by atoms with E-state index in [-0.39, 0.29) is 12.4 Å². The van der Waals surface area contributed by atoms with E-state index >= 15 is 0 Å². The van der Waals surface area contributed by atoms with Gasteiger partial charge in [0, 0.05) is 17.9 Å². The van der Waals surface area contributed by atoms with E-state index < -0.39 is 0 Å². The van der Waals surface area contributed by atoms with E-state index in [0.29, 0.717) is 0 Å². The fraction of sp³-hybridized carbons (Fsp3) is 0.421. The Balaban J connectivity index is 0.00000144. The molecule has 0 bridgehead atoms. The Morgan fingerprint density at radius 3 is 2.14 bits per heavy atom. The molecule has 2 aliphatic rings. The molecule has 0 saturated heterocycles. The van der Waals surface area contributed by atoms with E-state index in [2.05, 4.69) is 34.9 Å². The maximum atomic E-state index is 8.57. The molecule has 4 rings (SSSR count). The predicted octanol–water partition coefficient (Wildman–Crippen LogP) is 3.81. The van der Waals surface area contributed by atoms with E-state index in [9.17, 15) is 0 Å². The summed E-state index contributed by atoms with van der Waals surface area (Å²) in [6, 6.07) is 10.8. The third-order valence-electron chi connectivity index (χ3n) is 5.07. The van der Waals surface area contributed by atoms with Gasteiger partial charge in [0.25, 0.3) is 0 Å². The van der Waals surface area contributed by atoms with Crippen LogP contribution in [0, 0.1) is 5.41 Å². The van der Waals surface area contributed by atoms with Crippen molar-refractivity contribution in [3.63, 3.8) is 0 Å². The van der Waals surface area contributed by atoms with Gasteiger partial charge in [0.2, 0.25) is 0 Å². The first-order valence-electron chi connectivity index (χ1n) is 8.19. The molecule has 0 spiro atoms. The van der Waals surface area contributed by atoms with Gasteiger partial charge in [0.1, 0.15) is 0 Å². The van der Waals surface area contributed by atoms with Crippen LogP contribution >= 0.6 is 12.4 Å². The minimum absolute atomic E-state index is 0. The molecule has 0 unspecified atom stereocenters. The fourth-order valence-electron chi connectivity index (χ4n) is 4.05. The van der Waals surface area contributed by atoms with Crippen LogP contribution in [0.5, 0.6) is 0 Å². The highest BCUT2D eigenvalue weighted by molar-refractivity contribution is 5.85. The number of rotatable bonds is 2. The van der Waals surface area contributed by atoms with Gasteiger partial charge in [-0.15, -0.1) is 12.4 Å². The first-order chi connectivity index (χ1) is 10.3. The van der Waals surface area contributed by atoms with E-state index in [4.69, 9.17) is 5.41 Å². The molecule has 0 saturated carbocycles. The molecule has 0 aliphatic heterocycles. The van der Waals surface area contributed by atoms with Crippen molar-refractivity contribution >= 4 is 12.4 Å². The zero-order valence-electron chi connectivity index (χ0n) is 12.9. The minimum atomic E-state index is 0. The topological polar surface area (TPSA) is 28.8 Å². The third kappa shape index (κ3) is 2.50. The van der Waals surface area contributed by atoms with Crippen LogP contribution < -0.4 is 5.36 Å². The van der Waals surface area contributed by atoms with Crippen LogP contribution in [0.1, 0.15) is 47.3 Å². The molecule has 2 aromatic rings. The SMILES string of the molecule is Cl.N=c1c2c(n(Cc3ccccc3)c3c1CCC3)CCCC2. The van der Waals surface area contributed by atoms with Gasteiger partial charge in [-0.05, 0) is 61.6 Å². The van der Waals surface area contributed by atoms with Gasteiger partial charge in [0.05, 0.1) is 5.36 Å². The normalized spacial score (nSPS) is 15.8. The maximum absolute atomic E-state index is 8.57. The fourth-order valence-corrected chi connectivity index (χ4v) is 4.05. The molecule has 1 heterocycles. The molecule has 1 N–H and O–H groups in total. The van der Waals surface area contributed by atoms with Crippen LogP contribution in [-0.2, 0) is 32.2 Å².